The molecule has 0 unspecified atom stereocenters. The van der Waals surface area contributed by atoms with Crippen molar-refractivity contribution in [2.24, 2.45) is 0 Å². The van der Waals surface area contributed by atoms with Gasteiger partial charge < -0.3 is 34.3 Å². The first-order chi connectivity index (χ1) is 3.73. The summed E-state index contributed by atoms with van der Waals surface area (Å²) in [6.07, 6.45) is -2.33. The number of phosphoric acid groups is 1. The van der Waals surface area contributed by atoms with Gasteiger partial charge in [0.2, 0.25) is 0 Å². The second-order valence-electron chi connectivity index (χ2n) is 0.697. The minimum atomic E-state index is -5.39. The molecule has 0 bridgehead atoms. The minimum Gasteiger partial charge on any atom is -0.822 e. The van der Waals surface area contributed by atoms with Crippen LogP contribution in [0.4, 0.5) is 4.79 Å². The van der Waals surface area contributed by atoms with Crippen LogP contribution in [0.25, 0.3) is 0 Å². The molecular formula is CLaO7P-2. The van der Waals surface area contributed by atoms with Gasteiger partial charge in [-0.1, -0.05) is 0 Å². The van der Waals surface area contributed by atoms with Crippen molar-refractivity contribution in [3.63, 3.8) is 0 Å². The van der Waals surface area contributed by atoms with Crippen LogP contribution in [0.1, 0.15) is 0 Å². The molecule has 0 saturated heterocycles. The summed E-state index contributed by atoms with van der Waals surface area (Å²) in [6.45, 7) is 0. The van der Waals surface area contributed by atoms with E-state index >= 15 is 0 Å². The number of hydrogen-bond acceptors (Lipinski definition) is 7. The third kappa shape index (κ3) is 1490. The summed E-state index contributed by atoms with van der Waals surface area (Å²) in [7, 11) is -5.39. The summed E-state index contributed by atoms with van der Waals surface area (Å²) in [5.74, 6) is 0. The SMILES string of the molecule is O=C([O-])[O-].O=P([O-])([O-])[O-].[La+3]. The van der Waals surface area contributed by atoms with Crippen molar-refractivity contribution in [2.45, 2.75) is 0 Å². The molecule has 0 radical (unpaired) electrons. The van der Waals surface area contributed by atoms with E-state index in [0.29, 0.717) is 0 Å². The fourth-order valence-electron chi connectivity index (χ4n) is 0. The van der Waals surface area contributed by atoms with Crippen molar-refractivity contribution in [1.82, 2.24) is 0 Å². The second kappa shape index (κ2) is 7.68. The van der Waals surface area contributed by atoms with E-state index in [2.05, 4.69) is 0 Å². The zero-order valence-electron chi connectivity index (χ0n) is 4.38. The Hall–Kier alpha value is 0.575. The molecule has 56 valence electrons. The number of carboxylic acid groups (broad SMARTS) is 2. The molecule has 0 aliphatic carbocycles. The van der Waals surface area contributed by atoms with E-state index in [-0.39, 0.29) is 35.6 Å². The maximum absolute atomic E-state index is 8.55. The van der Waals surface area contributed by atoms with E-state index in [0.717, 1.165) is 0 Å². The summed E-state index contributed by atoms with van der Waals surface area (Å²) in [5, 5.41) is 16.7. The molecule has 0 aliphatic rings. The third-order valence-corrected chi connectivity index (χ3v) is 0. The number of rotatable bonds is 0. The van der Waals surface area contributed by atoms with Crippen molar-refractivity contribution in [3.05, 3.63) is 0 Å². The summed E-state index contributed by atoms with van der Waals surface area (Å²) in [5.41, 5.74) is 0. The van der Waals surface area contributed by atoms with Gasteiger partial charge in [-0.25, -0.2) is 0 Å². The summed E-state index contributed by atoms with van der Waals surface area (Å²) in [6, 6.07) is 0. The van der Waals surface area contributed by atoms with Crippen molar-refractivity contribution >= 4 is 14.0 Å². The fourth-order valence-corrected chi connectivity index (χ4v) is 0. The van der Waals surface area contributed by atoms with Crippen molar-refractivity contribution in [1.29, 1.82) is 0 Å². The molecule has 0 aliphatic heterocycles. The number of hydrogen-bond donors (Lipinski definition) is 0. The molecule has 0 amide bonds. The third-order valence-electron chi connectivity index (χ3n) is 0. The van der Waals surface area contributed by atoms with Crippen LogP contribution < -0.4 is 24.9 Å². The molecule has 0 saturated carbocycles. The number of carbonyl (C=O) groups excluding carboxylic acids is 1. The van der Waals surface area contributed by atoms with E-state index in [1.54, 1.807) is 0 Å². The van der Waals surface area contributed by atoms with Gasteiger partial charge in [-0.3, -0.25) is 0 Å². The van der Waals surface area contributed by atoms with Gasteiger partial charge in [0.15, 0.2) is 0 Å². The topological polar surface area (TPSA) is 149 Å². The van der Waals surface area contributed by atoms with E-state index in [1.807, 2.05) is 0 Å². The van der Waals surface area contributed by atoms with Crippen LogP contribution in [0.2, 0.25) is 0 Å². The molecule has 0 aromatic rings. The summed E-state index contributed by atoms with van der Waals surface area (Å²) >= 11 is 0. The first kappa shape index (κ1) is 16.9. The maximum Gasteiger partial charge on any atom is 3.00 e. The fraction of sp³-hybridized carbons (Fsp3) is 0. The normalized spacial score (nSPS) is 8.30. The molecule has 0 aromatic heterocycles. The van der Waals surface area contributed by atoms with Crippen LogP contribution in [0.15, 0.2) is 0 Å². The second-order valence-corrected chi connectivity index (χ2v) is 1.59. The first-order valence-electron chi connectivity index (χ1n) is 1.34. The van der Waals surface area contributed by atoms with Crippen LogP contribution in [-0.4, -0.2) is 6.16 Å². The Labute approximate surface area is 83.5 Å². The van der Waals surface area contributed by atoms with Crippen LogP contribution in [0.3, 0.4) is 0 Å². The van der Waals surface area contributed by atoms with Crippen molar-refractivity contribution < 1.29 is 69.9 Å². The smallest absolute Gasteiger partial charge is 0.822 e. The Morgan fingerprint density at radius 2 is 1.10 bits per heavy atom. The van der Waals surface area contributed by atoms with E-state index in [9.17, 15) is 0 Å². The van der Waals surface area contributed by atoms with Gasteiger partial charge in [0.25, 0.3) is 0 Å². The van der Waals surface area contributed by atoms with Gasteiger partial charge in [-0.15, -0.1) is 0 Å². The largest absolute Gasteiger partial charge is 3.00 e. The van der Waals surface area contributed by atoms with E-state index < -0.39 is 14.0 Å². The van der Waals surface area contributed by atoms with E-state index in [4.69, 9.17) is 34.3 Å². The molecule has 0 atom stereocenters. The van der Waals surface area contributed by atoms with Gasteiger partial charge in [0.05, 0.1) is 0 Å². The maximum atomic E-state index is 8.55. The van der Waals surface area contributed by atoms with Gasteiger partial charge in [-0.05, 0) is 6.16 Å². The number of carbonyl (C=O) groups is 1. The molecule has 0 aromatic carbocycles. The predicted molar refractivity (Wildman–Crippen MR) is 13.0 cm³/mol. The minimum absolute atomic E-state index is 0. The van der Waals surface area contributed by atoms with Gasteiger partial charge in [-0.2, -0.15) is 7.82 Å². The Balaban J connectivity index is -0.0000000910. The zero-order valence-corrected chi connectivity index (χ0v) is 8.90. The molecule has 0 fully saturated rings. The first-order valence-corrected chi connectivity index (χ1v) is 2.80. The molecule has 0 heterocycles. The van der Waals surface area contributed by atoms with Gasteiger partial charge in [0, 0.05) is 0 Å². The monoisotopic (exact) mass is 294 g/mol. The van der Waals surface area contributed by atoms with E-state index in [1.165, 1.54) is 0 Å². The Morgan fingerprint density at radius 3 is 1.10 bits per heavy atom. The molecule has 9 heteroatoms. The standard InChI is InChI=1S/CH2O3.La.H3O4P/c2-1(3)4;;1-5(2,3)4/h(H2,2,3,4);;(H3,1,2,3,4)/q;+3;/p-5. The summed E-state index contributed by atoms with van der Waals surface area (Å²) in [4.78, 5) is 34.0. The van der Waals surface area contributed by atoms with Gasteiger partial charge >= 0.3 is 35.6 Å². The van der Waals surface area contributed by atoms with Crippen LogP contribution in [-0.2, 0) is 4.57 Å². The Morgan fingerprint density at radius 1 is 1.10 bits per heavy atom. The molecule has 0 N–H and O–H groups in total. The quantitative estimate of drug-likeness (QED) is 0.405. The molecule has 7 nitrogen and oxygen atoms in total. The zero-order chi connectivity index (χ0) is 8.08. The molecular weight excluding hydrogens is 294 g/mol. The average molecular weight is 294 g/mol. The van der Waals surface area contributed by atoms with Crippen molar-refractivity contribution in [2.75, 3.05) is 0 Å². The van der Waals surface area contributed by atoms with Crippen LogP contribution >= 0.6 is 7.82 Å². The molecule has 0 rings (SSSR count). The Bertz CT molecular complexity index is 113. The predicted octanol–water partition coefficient (Wildman–Crippen LogP) is -5.27. The summed E-state index contributed by atoms with van der Waals surface area (Å²) < 4.78 is 8.55. The Kier molecular flexibility index (Phi) is 13.0. The van der Waals surface area contributed by atoms with Gasteiger partial charge in [0.1, 0.15) is 0 Å². The van der Waals surface area contributed by atoms with Crippen molar-refractivity contribution in [3.8, 4) is 0 Å². The molecule has 0 spiro atoms. The van der Waals surface area contributed by atoms with Crippen LogP contribution in [0.5, 0.6) is 0 Å². The average Bonchev–Trinajstić information content (AvgIpc) is 1.19. The van der Waals surface area contributed by atoms with Crippen LogP contribution in [0, 0.1) is 35.6 Å². The molecule has 10 heavy (non-hydrogen) atoms.